The van der Waals surface area contributed by atoms with Gasteiger partial charge in [0.1, 0.15) is 29.4 Å². The van der Waals surface area contributed by atoms with Gasteiger partial charge in [-0.2, -0.15) is 10.4 Å². The lowest BCUT2D eigenvalue weighted by Gasteiger charge is -2.42. The number of fused-ring (bicyclic) bond motifs is 2. The summed E-state index contributed by atoms with van der Waals surface area (Å²) >= 11 is 6.29. The first-order valence-electron chi connectivity index (χ1n) is 10.3. The molecule has 0 radical (unpaired) electrons. The number of aromatic nitrogens is 7. The summed E-state index contributed by atoms with van der Waals surface area (Å²) in [6.07, 6.45) is 7.24. The molecule has 33 heavy (non-hydrogen) atoms. The third-order valence-electron chi connectivity index (χ3n) is 5.96. The summed E-state index contributed by atoms with van der Waals surface area (Å²) in [6, 6.07) is 9.21. The topological polar surface area (TPSA) is 121 Å². The van der Waals surface area contributed by atoms with Gasteiger partial charge in [-0.3, -0.25) is 14.3 Å². The van der Waals surface area contributed by atoms with Gasteiger partial charge < -0.3 is 9.88 Å². The highest BCUT2D eigenvalue weighted by molar-refractivity contribution is 6.33. The Hall–Kier alpha value is -4.23. The van der Waals surface area contributed by atoms with Crippen molar-refractivity contribution in [2.45, 2.75) is 19.0 Å². The number of rotatable bonds is 4. The molecule has 0 saturated carbocycles. The van der Waals surface area contributed by atoms with Crippen molar-refractivity contribution < 1.29 is 0 Å². The lowest BCUT2D eigenvalue weighted by atomic mass is 10.0. The number of halogens is 1. The van der Waals surface area contributed by atoms with Gasteiger partial charge in [0.15, 0.2) is 5.82 Å². The lowest BCUT2D eigenvalue weighted by Crippen LogP contribution is -2.45. The van der Waals surface area contributed by atoms with Gasteiger partial charge >= 0.3 is 0 Å². The summed E-state index contributed by atoms with van der Waals surface area (Å²) in [5.41, 5.74) is 1.89. The smallest absolute Gasteiger partial charge is 0.279 e. The van der Waals surface area contributed by atoms with Crippen LogP contribution in [0, 0.1) is 11.3 Å². The second-order valence-corrected chi connectivity index (χ2v) is 8.17. The van der Waals surface area contributed by atoms with Gasteiger partial charge in [-0.15, -0.1) is 0 Å². The van der Waals surface area contributed by atoms with Crippen molar-refractivity contribution >= 4 is 34.0 Å². The van der Waals surface area contributed by atoms with E-state index in [-0.39, 0.29) is 18.1 Å². The molecule has 0 spiro atoms. The first-order chi connectivity index (χ1) is 16.2. The number of nitriles is 1. The molecule has 0 aromatic carbocycles. The second kappa shape index (κ2) is 7.43. The summed E-state index contributed by atoms with van der Waals surface area (Å²) in [5.74, 6) is 1.22. The molecule has 5 aromatic rings. The van der Waals surface area contributed by atoms with Gasteiger partial charge in [0, 0.05) is 25.1 Å². The van der Waals surface area contributed by atoms with E-state index in [1.165, 1.54) is 10.8 Å². The molecule has 0 aliphatic carbocycles. The van der Waals surface area contributed by atoms with Crippen LogP contribution in [0.5, 0.6) is 0 Å². The molecule has 6 rings (SSSR count). The number of nitrogens with zero attached hydrogens (tertiary/aromatic N) is 8. The molecule has 1 fully saturated rings. The van der Waals surface area contributed by atoms with Crippen molar-refractivity contribution in [1.29, 1.82) is 5.26 Å². The Morgan fingerprint density at radius 3 is 2.91 bits per heavy atom. The molecule has 1 N–H and O–H groups in total. The fourth-order valence-corrected chi connectivity index (χ4v) is 4.52. The normalized spacial score (nSPS) is 15.6. The maximum absolute atomic E-state index is 13.5. The van der Waals surface area contributed by atoms with Gasteiger partial charge in [-0.05, 0) is 24.6 Å². The molecule has 0 bridgehead atoms. The second-order valence-electron chi connectivity index (χ2n) is 7.76. The van der Waals surface area contributed by atoms with E-state index in [1.807, 2.05) is 23.1 Å². The van der Waals surface area contributed by atoms with E-state index in [9.17, 15) is 10.1 Å². The predicted molar refractivity (Wildman–Crippen MR) is 121 cm³/mol. The first-order valence-corrected chi connectivity index (χ1v) is 10.7. The number of nitrogens with one attached hydrogen (secondary N) is 1. The maximum Gasteiger partial charge on any atom is 0.279 e. The Kier molecular flexibility index (Phi) is 4.38. The van der Waals surface area contributed by atoms with E-state index in [2.05, 4.69) is 26.0 Å². The molecule has 0 unspecified atom stereocenters. The average molecular weight is 458 g/mol. The largest absolute Gasteiger partial charge is 0.345 e. The summed E-state index contributed by atoms with van der Waals surface area (Å²) < 4.78 is 3.15. The number of hydrogen-bond acceptors (Lipinski definition) is 7. The minimum Gasteiger partial charge on any atom is -0.345 e. The predicted octanol–water partition coefficient (Wildman–Crippen LogP) is 2.69. The monoisotopic (exact) mass is 457 g/mol. The number of aromatic amines is 1. The highest BCUT2D eigenvalue weighted by atomic mass is 35.5. The van der Waals surface area contributed by atoms with Crippen LogP contribution in [-0.2, 0) is 6.54 Å². The number of anilines is 1. The number of H-pyrrole nitrogens is 1. The molecule has 1 aliphatic heterocycles. The van der Waals surface area contributed by atoms with Crippen molar-refractivity contribution in [3.05, 3.63) is 81.6 Å². The summed E-state index contributed by atoms with van der Waals surface area (Å²) in [6.45, 7) is 0.966. The average Bonchev–Trinajstić information content (AvgIpc) is 3.40. The van der Waals surface area contributed by atoms with Crippen LogP contribution in [0.1, 0.15) is 29.5 Å². The molecule has 6 heterocycles. The van der Waals surface area contributed by atoms with E-state index in [0.29, 0.717) is 45.3 Å². The molecule has 11 heteroatoms. The maximum atomic E-state index is 13.5. The molecular formula is C22H16ClN9O. The Morgan fingerprint density at radius 1 is 1.24 bits per heavy atom. The van der Waals surface area contributed by atoms with Crippen LogP contribution < -0.4 is 10.5 Å². The van der Waals surface area contributed by atoms with Crippen LogP contribution in [0.2, 0.25) is 5.02 Å². The molecule has 0 amide bonds. The highest BCUT2D eigenvalue weighted by Crippen LogP contribution is 2.39. The number of pyridine rings is 1. The zero-order chi connectivity index (χ0) is 22.5. The Labute approximate surface area is 191 Å². The zero-order valence-electron chi connectivity index (χ0n) is 17.2. The Bertz CT molecular complexity index is 1610. The van der Waals surface area contributed by atoms with Crippen LogP contribution in [0.4, 0.5) is 5.82 Å². The molecule has 1 saturated heterocycles. The van der Waals surface area contributed by atoms with Crippen molar-refractivity contribution in [2.75, 3.05) is 11.4 Å². The van der Waals surface area contributed by atoms with E-state index in [1.54, 1.807) is 29.2 Å². The summed E-state index contributed by atoms with van der Waals surface area (Å²) in [7, 11) is 0. The van der Waals surface area contributed by atoms with Crippen molar-refractivity contribution in [3.8, 4) is 6.07 Å². The van der Waals surface area contributed by atoms with Crippen LogP contribution in [0.15, 0.2) is 54.0 Å². The summed E-state index contributed by atoms with van der Waals surface area (Å²) in [5, 5.41) is 15.3. The van der Waals surface area contributed by atoms with Gasteiger partial charge in [-0.1, -0.05) is 17.7 Å². The van der Waals surface area contributed by atoms with Crippen LogP contribution >= 0.6 is 11.6 Å². The fourth-order valence-electron chi connectivity index (χ4n) is 4.29. The van der Waals surface area contributed by atoms with E-state index >= 15 is 0 Å². The quantitative estimate of drug-likeness (QED) is 0.440. The molecule has 162 valence electrons. The minimum atomic E-state index is -0.236. The first kappa shape index (κ1) is 19.5. The standard InChI is InChI=1S/C22H16ClN9O/c23-15-4-8-32-18(15)22(33)31(11-14-3-1-2-6-25-14)20(29-32)16-5-7-30(16)21-17-13(9-24)10-26-19(17)27-12-28-21/h1-4,6,8,10,12,16H,5,7,11H2,(H,26,27,28)/t16-/m0/s1. The van der Waals surface area contributed by atoms with Crippen LogP contribution in [0.3, 0.4) is 0 Å². The third kappa shape index (κ3) is 2.97. The molecule has 10 nitrogen and oxygen atoms in total. The molecule has 5 aromatic heterocycles. The van der Waals surface area contributed by atoms with Crippen molar-refractivity contribution in [3.63, 3.8) is 0 Å². The van der Waals surface area contributed by atoms with Gasteiger partial charge in [-0.25, -0.2) is 14.5 Å². The van der Waals surface area contributed by atoms with Crippen LogP contribution in [-0.4, -0.2) is 40.7 Å². The SMILES string of the molecule is N#Cc1c[nH]c2ncnc(N3CC[C@H]3c3nn4ccc(Cl)c4c(=O)n3Cc3ccccn3)c12. The summed E-state index contributed by atoms with van der Waals surface area (Å²) in [4.78, 5) is 31.7. The molecule has 1 aliphatic rings. The van der Waals surface area contributed by atoms with Gasteiger partial charge in [0.2, 0.25) is 0 Å². The van der Waals surface area contributed by atoms with Crippen LogP contribution in [0.25, 0.3) is 16.6 Å². The lowest BCUT2D eigenvalue weighted by molar-refractivity contribution is 0.410. The number of hydrogen-bond donors (Lipinski definition) is 1. The third-order valence-corrected chi connectivity index (χ3v) is 6.26. The Balaban J connectivity index is 1.52. The van der Waals surface area contributed by atoms with E-state index < -0.39 is 0 Å². The minimum absolute atomic E-state index is 0.216. The van der Waals surface area contributed by atoms with E-state index in [0.717, 1.165) is 12.1 Å². The van der Waals surface area contributed by atoms with E-state index in [4.69, 9.17) is 16.7 Å². The van der Waals surface area contributed by atoms with Gasteiger partial charge in [0.25, 0.3) is 5.56 Å². The van der Waals surface area contributed by atoms with Crippen molar-refractivity contribution in [2.24, 2.45) is 0 Å². The Morgan fingerprint density at radius 2 is 2.15 bits per heavy atom. The highest BCUT2D eigenvalue weighted by Gasteiger charge is 2.36. The molecule has 1 atom stereocenters. The molecular weight excluding hydrogens is 442 g/mol. The van der Waals surface area contributed by atoms with Gasteiger partial charge in [0.05, 0.1) is 34.3 Å². The fraction of sp³-hybridized carbons (Fsp3) is 0.182. The van der Waals surface area contributed by atoms with Crippen molar-refractivity contribution in [1.82, 2.24) is 34.1 Å². The zero-order valence-corrected chi connectivity index (χ0v) is 17.9.